The molecule has 6 heteroatoms. The van der Waals surface area contributed by atoms with Gasteiger partial charge in [-0.25, -0.2) is 0 Å². The summed E-state index contributed by atoms with van der Waals surface area (Å²) in [6.07, 6.45) is 1.46. The minimum Gasteiger partial charge on any atom is -0.396 e. The summed E-state index contributed by atoms with van der Waals surface area (Å²) in [7, 11) is 1.68. The SMILES string of the molecule is Cc1cc(C)c(NC(=O)c2c(N)cnn2C)c(Br)c1. The predicted molar refractivity (Wildman–Crippen MR) is 79.2 cm³/mol. The second-order valence-electron chi connectivity index (χ2n) is 4.46. The van der Waals surface area contributed by atoms with Gasteiger partial charge in [0.2, 0.25) is 0 Å². The lowest BCUT2D eigenvalue weighted by molar-refractivity contribution is 0.101. The van der Waals surface area contributed by atoms with Crippen molar-refractivity contribution in [2.45, 2.75) is 13.8 Å². The van der Waals surface area contributed by atoms with Crippen molar-refractivity contribution in [3.8, 4) is 0 Å². The van der Waals surface area contributed by atoms with Crippen LogP contribution >= 0.6 is 15.9 Å². The average molecular weight is 323 g/mol. The van der Waals surface area contributed by atoms with Gasteiger partial charge in [-0.2, -0.15) is 5.10 Å². The third-order valence-corrected chi connectivity index (χ3v) is 3.48. The highest BCUT2D eigenvalue weighted by Crippen LogP contribution is 2.28. The van der Waals surface area contributed by atoms with E-state index >= 15 is 0 Å². The monoisotopic (exact) mass is 322 g/mol. The van der Waals surface area contributed by atoms with Gasteiger partial charge in [0.15, 0.2) is 0 Å². The van der Waals surface area contributed by atoms with E-state index in [0.29, 0.717) is 11.4 Å². The first-order chi connectivity index (χ1) is 8.90. The van der Waals surface area contributed by atoms with Crippen LogP contribution < -0.4 is 11.1 Å². The molecule has 0 fully saturated rings. The van der Waals surface area contributed by atoms with E-state index in [9.17, 15) is 4.79 Å². The van der Waals surface area contributed by atoms with Gasteiger partial charge in [0.25, 0.3) is 5.91 Å². The zero-order valence-corrected chi connectivity index (χ0v) is 12.6. The molecule has 0 aliphatic heterocycles. The normalized spacial score (nSPS) is 10.5. The van der Waals surface area contributed by atoms with E-state index in [1.54, 1.807) is 7.05 Å². The maximum atomic E-state index is 12.2. The van der Waals surface area contributed by atoms with E-state index in [-0.39, 0.29) is 5.91 Å². The van der Waals surface area contributed by atoms with Gasteiger partial charge in [0.1, 0.15) is 5.69 Å². The maximum Gasteiger partial charge on any atom is 0.276 e. The number of amides is 1. The lowest BCUT2D eigenvalue weighted by atomic mass is 10.1. The van der Waals surface area contributed by atoms with Gasteiger partial charge >= 0.3 is 0 Å². The number of halogens is 1. The lowest BCUT2D eigenvalue weighted by Crippen LogP contribution is -2.18. The summed E-state index contributed by atoms with van der Waals surface area (Å²) in [5.41, 5.74) is 9.32. The lowest BCUT2D eigenvalue weighted by Gasteiger charge is -2.12. The number of nitrogens with two attached hydrogens (primary N) is 1. The first kappa shape index (κ1) is 13.6. The number of nitrogen functional groups attached to an aromatic ring is 1. The van der Waals surface area contributed by atoms with Crippen molar-refractivity contribution in [2.75, 3.05) is 11.1 Å². The molecule has 0 aliphatic carbocycles. The van der Waals surface area contributed by atoms with Crippen molar-refractivity contribution in [3.63, 3.8) is 0 Å². The number of anilines is 2. The van der Waals surface area contributed by atoms with Crippen molar-refractivity contribution in [3.05, 3.63) is 39.6 Å². The molecule has 0 aliphatic rings. The topological polar surface area (TPSA) is 72.9 Å². The Bertz CT molecular complexity index is 606. The van der Waals surface area contributed by atoms with Crippen molar-refractivity contribution >= 4 is 33.2 Å². The van der Waals surface area contributed by atoms with Gasteiger partial charge in [-0.1, -0.05) is 6.07 Å². The molecular formula is C13H15BrN4O. The Labute approximate surface area is 119 Å². The van der Waals surface area contributed by atoms with Crippen molar-refractivity contribution in [2.24, 2.45) is 7.05 Å². The first-order valence-corrected chi connectivity index (χ1v) is 6.55. The van der Waals surface area contributed by atoms with Crippen molar-refractivity contribution in [1.82, 2.24) is 9.78 Å². The molecule has 0 saturated heterocycles. The summed E-state index contributed by atoms with van der Waals surface area (Å²) in [4.78, 5) is 12.2. The van der Waals surface area contributed by atoms with Crippen LogP contribution in [0, 0.1) is 13.8 Å². The number of nitrogens with one attached hydrogen (secondary N) is 1. The molecule has 0 saturated carbocycles. The molecule has 0 radical (unpaired) electrons. The largest absolute Gasteiger partial charge is 0.396 e. The van der Waals surface area contributed by atoms with Crippen LogP contribution in [0.25, 0.3) is 0 Å². The van der Waals surface area contributed by atoms with Gasteiger partial charge in [0, 0.05) is 11.5 Å². The highest BCUT2D eigenvalue weighted by atomic mass is 79.9. The van der Waals surface area contributed by atoms with E-state index in [2.05, 4.69) is 26.3 Å². The number of hydrogen-bond acceptors (Lipinski definition) is 3. The highest BCUT2D eigenvalue weighted by Gasteiger charge is 2.17. The molecule has 0 bridgehead atoms. The smallest absolute Gasteiger partial charge is 0.276 e. The second-order valence-corrected chi connectivity index (χ2v) is 5.32. The molecule has 1 amide bonds. The Morgan fingerprint density at radius 1 is 1.42 bits per heavy atom. The van der Waals surface area contributed by atoms with Crippen LogP contribution in [-0.4, -0.2) is 15.7 Å². The zero-order valence-electron chi connectivity index (χ0n) is 11.0. The van der Waals surface area contributed by atoms with Gasteiger partial charge in [-0.15, -0.1) is 0 Å². The molecule has 2 rings (SSSR count). The number of benzene rings is 1. The highest BCUT2D eigenvalue weighted by molar-refractivity contribution is 9.10. The molecule has 0 unspecified atom stereocenters. The van der Waals surface area contributed by atoms with Crippen LogP contribution in [0.3, 0.4) is 0 Å². The molecular weight excluding hydrogens is 308 g/mol. The van der Waals surface area contributed by atoms with Crippen LogP contribution in [0.15, 0.2) is 22.8 Å². The summed E-state index contributed by atoms with van der Waals surface area (Å²) < 4.78 is 2.31. The number of aromatic nitrogens is 2. The molecule has 3 N–H and O–H groups in total. The summed E-state index contributed by atoms with van der Waals surface area (Å²) in [6, 6.07) is 3.96. The minimum absolute atomic E-state index is 0.273. The standard InChI is InChI=1S/C13H15BrN4O/c1-7-4-8(2)11(9(14)5-7)17-13(19)12-10(15)6-16-18(12)3/h4-6H,15H2,1-3H3,(H,17,19). The maximum absolute atomic E-state index is 12.2. The van der Waals surface area contributed by atoms with Crippen LogP contribution in [0.1, 0.15) is 21.6 Å². The third kappa shape index (κ3) is 2.63. The average Bonchev–Trinajstić information content (AvgIpc) is 2.63. The second kappa shape index (κ2) is 5.05. The fourth-order valence-corrected chi connectivity index (χ4v) is 2.75. The number of hydrogen-bond donors (Lipinski definition) is 2. The summed E-state index contributed by atoms with van der Waals surface area (Å²) in [6.45, 7) is 3.95. The third-order valence-electron chi connectivity index (χ3n) is 2.85. The van der Waals surface area contributed by atoms with Gasteiger partial charge < -0.3 is 11.1 Å². The Hall–Kier alpha value is -1.82. The Morgan fingerprint density at radius 3 is 2.63 bits per heavy atom. The zero-order chi connectivity index (χ0) is 14.2. The van der Waals surface area contributed by atoms with Gasteiger partial charge in [-0.05, 0) is 47.0 Å². The van der Waals surface area contributed by atoms with Gasteiger partial charge in [0.05, 0.1) is 17.6 Å². The quantitative estimate of drug-likeness (QED) is 0.892. The Balaban J connectivity index is 2.35. The molecule has 1 aromatic heterocycles. The molecule has 0 atom stereocenters. The predicted octanol–water partition coefficient (Wildman–Crippen LogP) is 2.63. The number of rotatable bonds is 2. The summed E-state index contributed by atoms with van der Waals surface area (Å²) >= 11 is 3.46. The van der Waals surface area contributed by atoms with E-state index in [4.69, 9.17) is 5.73 Å². The summed E-state index contributed by atoms with van der Waals surface area (Å²) in [5, 5.41) is 6.82. The van der Waals surface area contributed by atoms with Crippen LogP contribution in [0.2, 0.25) is 0 Å². The van der Waals surface area contributed by atoms with Crippen molar-refractivity contribution in [1.29, 1.82) is 0 Å². The van der Waals surface area contributed by atoms with E-state index < -0.39 is 0 Å². The molecule has 1 heterocycles. The fourth-order valence-electron chi connectivity index (χ4n) is 1.98. The van der Waals surface area contributed by atoms with Crippen LogP contribution in [0.5, 0.6) is 0 Å². The van der Waals surface area contributed by atoms with Crippen LogP contribution in [0.4, 0.5) is 11.4 Å². The molecule has 0 spiro atoms. The van der Waals surface area contributed by atoms with E-state index in [1.165, 1.54) is 10.9 Å². The number of aryl methyl sites for hydroxylation is 3. The number of carbonyl (C=O) groups is 1. The summed E-state index contributed by atoms with van der Waals surface area (Å²) in [5.74, 6) is -0.273. The van der Waals surface area contributed by atoms with Crippen LogP contribution in [-0.2, 0) is 7.05 Å². The Morgan fingerprint density at radius 2 is 2.11 bits per heavy atom. The molecule has 100 valence electrons. The molecule has 19 heavy (non-hydrogen) atoms. The van der Waals surface area contributed by atoms with E-state index in [0.717, 1.165) is 21.3 Å². The number of carbonyl (C=O) groups excluding carboxylic acids is 1. The molecule has 5 nitrogen and oxygen atoms in total. The molecule has 2 aromatic rings. The van der Waals surface area contributed by atoms with Crippen molar-refractivity contribution < 1.29 is 4.79 Å². The fraction of sp³-hybridized carbons (Fsp3) is 0.231. The van der Waals surface area contributed by atoms with Gasteiger partial charge in [-0.3, -0.25) is 9.48 Å². The van der Waals surface area contributed by atoms with E-state index in [1.807, 2.05) is 26.0 Å². The first-order valence-electron chi connectivity index (χ1n) is 5.75. The number of nitrogens with zero attached hydrogens (tertiary/aromatic N) is 2. The molecule has 1 aromatic carbocycles. The Kier molecular flexibility index (Phi) is 3.61. The minimum atomic E-state index is -0.273.